The van der Waals surface area contributed by atoms with Crippen LogP contribution < -0.4 is 0 Å². The lowest BCUT2D eigenvalue weighted by atomic mass is 9.85. The smallest absolute Gasteiger partial charge is 0.314 e. The molecule has 21 heavy (non-hydrogen) atoms. The molecule has 1 aromatic carbocycles. The van der Waals surface area contributed by atoms with Crippen LogP contribution in [0.4, 0.5) is 0 Å². The van der Waals surface area contributed by atoms with Crippen molar-refractivity contribution in [2.24, 2.45) is 0 Å². The molecule has 0 aliphatic carbocycles. The van der Waals surface area contributed by atoms with Crippen molar-refractivity contribution in [2.75, 3.05) is 20.2 Å². The Kier molecular flexibility index (Phi) is 6.24. The van der Waals surface area contributed by atoms with Crippen molar-refractivity contribution in [3.05, 3.63) is 35.9 Å². The topological polar surface area (TPSA) is 29.5 Å². The highest BCUT2D eigenvalue weighted by Crippen LogP contribution is 2.31. The van der Waals surface area contributed by atoms with Crippen molar-refractivity contribution in [3.63, 3.8) is 0 Å². The first-order chi connectivity index (χ1) is 10.3. The summed E-state index contributed by atoms with van der Waals surface area (Å²) in [5.41, 5.74) is 1.08. The molecule has 0 radical (unpaired) electrons. The summed E-state index contributed by atoms with van der Waals surface area (Å²) in [6, 6.07) is 10.4. The Morgan fingerprint density at radius 3 is 2.76 bits per heavy atom. The van der Waals surface area contributed by atoms with Crippen LogP contribution in [0, 0.1) is 0 Å². The molecule has 1 saturated heterocycles. The molecular weight excluding hydrogens is 262 g/mol. The highest BCUT2D eigenvalue weighted by atomic mass is 16.5. The largest absolute Gasteiger partial charge is 0.469 e. The monoisotopic (exact) mass is 289 g/mol. The molecule has 0 saturated carbocycles. The standard InChI is InChI=1S/C18H27NO2/c1-3-4-13-19-14-9-8-12-16(19)17(18(20)21-2)15-10-6-5-7-11-15/h5-7,10-11,16-17H,3-4,8-9,12-14H2,1-2H3/t16-,17+/m0/s1. The van der Waals surface area contributed by atoms with Gasteiger partial charge in [0.1, 0.15) is 0 Å². The van der Waals surface area contributed by atoms with E-state index < -0.39 is 0 Å². The molecule has 1 fully saturated rings. The minimum atomic E-state index is -0.159. The number of ether oxygens (including phenoxy) is 1. The van der Waals surface area contributed by atoms with Gasteiger partial charge in [0.05, 0.1) is 13.0 Å². The minimum Gasteiger partial charge on any atom is -0.469 e. The lowest BCUT2D eigenvalue weighted by Gasteiger charge is -2.39. The zero-order chi connectivity index (χ0) is 15.1. The van der Waals surface area contributed by atoms with Crippen LogP contribution in [0.5, 0.6) is 0 Å². The van der Waals surface area contributed by atoms with E-state index in [0.29, 0.717) is 0 Å². The fourth-order valence-electron chi connectivity index (χ4n) is 3.34. The molecule has 0 aromatic heterocycles. The Morgan fingerprint density at radius 1 is 1.33 bits per heavy atom. The van der Waals surface area contributed by atoms with Crippen LogP contribution in [0.25, 0.3) is 0 Å². The predicted molar refractivity (Wildman–Crippen MR) is 85.3 cm³/mol. The Hall–Kier alpha value is -1.35. The molecule has 116 valence electrons. The highest BCUT2D eigenvalue weighted by Gasteiger charge is 2.35. The zero-order valence-electron chi connectivity index (χ0n) is 13.3. The van der Waals surface area contributed by atoms with Crippen molar-refractivity contribution in [2.45, 2.75) is 51.0 Å². The Morgan fingerprint density at radius 2 is 2.10 bits per heavy atom. The van der Waals surface area contributed by atoms with E-state index in [1.54, 1.807) is 0 Å². The van der Waals surface area contributed by atoms with Gasteiger partial charge in [0.25, 0.3) is 0 Å². The molecule has 1 aromatic rings. The fraction of sp³-hybridized carbons (Fsp3) is 0.611. The first-order valence-electron chi connectivity index (χ1n) is 8.14. The highest BCUT2D eigenvalue weighted by molar-refractivity contribution is 5.79. The molecule has 0 spiro atoms. The maximum atomic E-state index is 12.4. The van der Waals surface area contributed by atoms with Crippen LogP contribution in [0.3, 0.4) is 0 Å². The van der Waals surface area contributed by atoms with Gasteiger partial charge in [0.15, 0.2) is 0 Å². The fourth-order valence-corrected chi connectivity index (χ4v) is 3.34. The van der Waals surface area contributed by atoms with E-state index in [2.05, 4.69) is 11.8 Å². The Labute approximate surface area is 128 Å². The van der Waals surface area contributed by atoms with E-state index in [4.69, 9.17) is 4.74 Å². The van der Waals surface area contributed by atoms with Crippen LogP contribution >= 0.6 is 0 Å². The second-order valence-electron chi connectivity index (χ2n) is 5.86. The average molecular weight is 289 g/mol. The second-order valence-corrected chi connectivity index (χ2v) is 5.86. The number of unbranched alkanes of at least 4 members (excludes halogenated alkanes) is 1. The molecule has 0 N–H and O–H groups in total. The van der Waals surface area contributed by atoms with Crippen LogP contribution in [-0.4, -0.2) is 37.1 Å². The van der Waals surface area contributed by atoms with Crippen LogP contribution in [0.2, 0.25) is 0 Å². The van der Waals surface area contributed by atoms with Gasteiger partial charge in [-0.3, -0.25) is 9.69 Å². The third kappa shape index (κ3) is 4.07. The van der Waals surface area contributed by atoms with Crippen LogP contribution in [0.1, 0.15) is 50.5 Å². The van der Waals surface area contributed by atoms with Crippen LogP contribution in [-0.2, 0) is 9.53 Å². The summed E-state index contributed by atoms with van der Waals surface area (Å²) in [5.74, 6) is -0.261. The maximum Gasteiger partial charge on any atom is 0.314 e. The van der Waals surface area contributed by atoms with Gasteiger partial charge in [-0.25, -0.2) is 0 Å². The van der Waals surface area contributed by atoms with Crippen molar-refractivity contribution in [1.29, 1.82) is 0 Å². The molecule has 0 bridgehead atoms. The van der Waals surface area contributed by atoms with Gasteiger partial charge >= 0.3 is 5.97 Å². The molecule has 1 aliphatic rings. The number of hydrogen-bond acceptors (Lipinski definition) is 3. The quantitative estimate of drug-likeness (QED) is 0.749. The summed E-state index contributed by atoms with van der Waals surface area (Å²) in [5, 5.41) is 0. The summed E-state index contributed by atoms with van der Waals surface area (Å²) >= 11 is 0. The molecule has 0 unspecified atom stereocenters. The number of hydrogen-bond donors (Lipinski definition) is 0. The number of esters is 1. The molecule has 3 heteroatoms. The Bertz CT molecular complexity index is 432. The normalized spacial score (nSPS) is 21.0. The number of nitrogens with zero attached hydrogens (tertiary/aromatic N) is 1. The van der Waals surface area contributed by atoms with Crippen molar-refractivity contribution in [1.82, 2.24) is 4.90 Å². The summed E-state index contributed by atoms with van der Waals surface area (Å²) in [6.07, 6.45) is 5.91. The summed E-state index contributed by atoms with van der Waals surface area (Å²) in [7, 11) is 1.50. The zero-order valence-corrected chi connectivity index (χ0v) is 13.3. The lowest BCUT2D eigenvalue weighted by Crippen LogP contribution is -2.46. The third-order valence-corrected chi connectivity index (χ3v) is 4.46. The number of carbonyl (C=O) groups excluding carboxylic acids is 1. The van der Waals surface area contributed by atoms with E-state index in [1.165, 1.54) is 32.8 Å². The van der Waals surface area contributed by atoms with Crippen molar-refractivity contribution >= 4 is 5.97 Å². The number of rotatable bonds is 6. The van der Waals surface area contributed by atoms with Gasteiger partial charge in [-0.1, -0.05) is 50.1 Å². The van der Waals surface area contributed by atoms with E-state index in [9.17, 15) is 4.79 Å². The Balaban J connectivity index is 2.23. The van der Waals surface area contributed by atoms with Crippen LogP contribution in [0.15, 0.2) is 30.3 Å². The molecule has 0 amide bonds. The minimum absolute atomic E-state index is 0.102. The van der Waals surface area contributed by atoms with Gasteiger partial charge in [-0.2, -0.15) is 0 Å². The van der Waals surface area contributed by atoms with Crippen molar-refractivity contribution in [3.8, 4) is 0 Å². The number of likely N-dealkylation sites (tertiary alicyclic amines) is 1. The van der Waals surface area contributed by atoms with Gasteiger partial charge in [0, 0.05) is 6.04 Å². The summed E-state index contributed by atoms with van der Waals surface area (Å²) in [6.45, 7) is 4.40. The first kappa shape index (κ1) is 16.0. The van der Waals surface area contributed by atoms with Gasteiger partial charge < -0.3 is 4.74 Å². The third-order valence-electron chi connectivity index (χ3n) is 4.46. The maximum absolute atomic E-state index is 12.4. The molecule has 1 heterocycles. The SMILES string of the molecule is CCCCN1CCCC[C@H]1[C@H](C(=O)OC)c1ccccc1. The molecule has 1 aliphatic heterocycles. The number of methoxy groups -OCH3 is 1. The lowest BCUT2D eigenvalue weighted by molar-refractivity contribution is -0.144. The number of benzene rings is 1. The van der Waals surface area contributed by atoms with Gasteiger partial charge in [-0.05, 0) is 37.9 Å². The molecule has 2 rings (SSSR count). The van der Waals surface area contributed by atoms with E-state index >= 15 is 0 Å². The average Bonchev–Trinajstić information content (AvgIpc) is 2.55. The van der Waals surface area contributed by atoms with Gasteiger partial charge in [0.2, 0.25) is 0 Å². The summed E-state index contributed by atoms with van der Waals surface area (Å²) < 4.78 is 5.11. The molecule has 3 nitrogen and oxygen atoms in total. The summed E-state index contributed by atoms with van der Waals surface area (Å²) in [4.78, 5) is 14.9. The first-order valence-corrected chi connectivity index (χ1v) is 8.14. The van der Waals surface area contributed by atoms with Crippen molar-refractivity contribution < 1.29 is 9.53 Å². The van der Waals surface area contributed by atoms with E-state index in [0.717, 1.165) is 25.1 Å². The van der Waals surface area contributed by atoms with Gasteiger partial charge in [-0.15, -0.1) is 0 Å². The predicted octanol–water partition coefficient (Wildman–Crippen LogP) is 3.60. The number of piperidine rings is 1. The van der Waals surface area contributed by atoms with E-state index in [1.807, 2.05) is 30.3 Å². The number of carbonyl (C=O) groups is 1. The molecular formula is C18H27NO2. The molecule has 2 atom stereocenters. The second kappa shape index (κ2) is 8.18. The van der Waals surface area contributed by atoms with E-state index in [-0.39, 0.29) is 17.9 Å².